The quantitative estimate of drug-likeness (QED) is 0.443. The maximum absolute atomic E-state index is 11.4. The van der Waals surface area contributed by atoms with E-state index in [1.54, 1.807) is 0 Å². The largest absolute Gasteiger partial charge is 0.460 e. The molecular formula is C12H22N2O5. The molecule has 7 heteroatoms. The molecule has 0 heterocycles. The monoisotopic (exact) mass is 274 g/mol. The average molecular weight is 274 g/mol. The maximum atomic E-state index is 11.4. The summed E-state index contributed by atoms with van der Waals surface area (Å²) >= 11 is 0. The molecule has 0 aromatic heterocycles. The highest BCUT2D eigenvalue weighted by Gasteiger charge is 2.19. The lowest BCUT2D eigenvalue weighted by molar-refractivity contribution is -0.162. The summed E-state index contributed by atoms with van der Waals surface area (Å²) in [5.74, 6) is -1.80. The van der Waals surface area contributed by atoms with Crippen LogP contribution in [-0.4, -0.2) is 37.1 Å². The highest BCUT2D eigenvalue weighted by atomic mass is 16.6. The fraction of sp³-hybridized carbons (Fsp3) is 0.750. The molecule has 110 valence electrons. The average Bonchev–Trinajstić information content (AvgIpc) is 2.35. The molecule has 1 atom stereocenters. The fourth-order valence-electron chi connectivity index (χ4n) is 1.27. The smallest absolute Gasteiger partial charge is 0.317 e. The van der Waals surface area contributed by atoms with Gasteiger partial charge in [0.2, 0.25) is 0 Å². The van der Waals surface area contributed by atoms with Crippen LogP contribution in [0.15, 0.2) is 0 Å². The molecule has 0 bridgehead atoms. The van der Waals surface area contributed by atoms with E-state index in [0.717, 1.165) is 0 Å². The summed E-state index contributed by atoms with van der Waals surface area (Å²) in [6, 6.07) is 0. The summed E-state index contributed by atoms with van der Waals surface area (Å²) < 4.78 is 9.52. The minimum atomic E-state index is -0.756. The Morgan fingerprint density at radius 1 is 1.05 bits per heavy atom. The number of rotatable bonds is 9. The standard InChI is InChI=1S/C12H22N2O5/c1-2-4-10(15)18-9(8-14)7-12(17)19-11(16)5-3-6-13/h9H,2-8,13-14H2,1H3/t9-/m1/s1. The SMILES string of the molecule is CCCC(=O)O[C@@H](CN)CC(=O)OC(=O)CCCN. The van der Waals surface area contributed by atoms with Crippen molar-refractivity contribution in [1.82, 2.24) is 0 Å². The van der Waals surface area contributed by atoms with E-state index < -0.39 is 24.0 Å². The summed E-state index contributed by atoms with van der Waals surface area (Å²) in [6.07, 6.45) is 0.483. The fourth-order valence-corrected chi connectivity index (χ4v) is 1.27. The van der Waals surface area contributed by atoms with Crippen LogP contribution >= 0.6 is 0 Å². The molecule has 0 aliphatic carbocycles. The first kappa shape index (κ1) is 17.5. The molecule has 0 aliphatic rings. The van der Waals surface area contributed by atoms with Crippen molar-refractivity contribution < 1.29 is 23.9 Å². The first-order valence-corrected chi connectivity index (χ1v) is 6.36. The third kappa shape index (κ3) is 9.15. The topological polar surface area (TPSA) is 122 Å². The Kier molecular flexibility index (Phi) is 9.64. The molecular weight excluding hydrogens is 252 g/mol. The van der Waals surface area contributed by atoms with Gasteiger partial charge in [-0.3, -0.25) is 14.4 Å². The van der Waals surface area contributed by atoms with Crippen molar-refractivity contribution in [2.45, 2.75) is 45.1 Å². The summed E-state index contributed by atoms with van der Waals surface area (Å²) in [5, 5.41) is 0. The third-order valence-electron chi connectivity index (χ3n) is 2.22. The van der Waals surface area contributed by atoms with E-state index in [4.69, 9.17) is 16.2 Å². The minimum absolute atomic E-state index is 0.00153. The van der Waals surface area contributed by atoms with Crippen molar-refractivity contribution in [2.75, 3.05) is 13.1 Å². The van der Waals surface area contributed by atoms with Gasteiger partial charge >= 0.3 is 17.9 Å². The predicted molar refractivity (Wildman–Crippen MR) is 67.8 cm³/mol. The number of carbonyl (C=O) groups is 3. The summed E-state index contributed by atoms with van der Waals surface area (Å²) in [4.78, 5) is 33.8. The van der Waals surface area contributed by atoms with E-state index in [2.05, 4.69) is 4.74 Å². The first-order valence-electron chi connectivity index (χ1n) is 6.36. The van der Waals surface area contributed by atoms with E-state index in [9.17, 15) is 14.4 Å². The van der Waals surface area contributed by atoms with Crippen molar-refractivity contribution in [3.8, 4) is 0 Å². The molecule has 0 fully saturated rings. The van der Waals surface area contributed by atoms with Crippen LogP contribution in [0, 0.1) is 0 Å². The van der Waals surface area contributed by atoms with Crippen molar-refractivity contribution >= 4 is 17.9 Å². The Labute approximate surface area is 112 Å². The number of ether oxygens (including phenoxy) is 2. The van der Waals surface area contributed by atoms with E-state index in [1.807, 2.05) is 6.92 Å². The van der Waals surface area contributed by atoms with Gasteiger partial charge in [0.05, 0.1) is 6.42 Å². The van der Waals surface area contributed by atoms with E-state index in [1.165, 1.54) is 0 Å². The molecule has 0 aromatic rings. The van der Waals surface area contributed by atoms with Crippen molar-refractivity contribution in [3.05, 3.63) is 0 Å². The Morgan fingerprint density at radius 3 is 2.26 bits per heavy atom. The number of esters is 3. The number of hydrogen-bond acceptors (Lipinski definition) is 7. The van der Waals surface area contributed by atoms with Crippen LogP contribution in [0.1, 0.15) is 39.0 Å². The van der Waals surface area contributed by atoms with Crippen LogP contribution < -0.4 is 11.5 Å². The number of carbonyl (C=O) groups excluding carboxylic acids is 3. The van der Waals surface area contributed by atoms with Gasteiger partial charge in [-0.1, -0.05) is 6.92 Å². The van der Waals surface area contributed by atoms with Crippen LogP contribution in [-0.2, 0) is 23.9 Å². The molecule has 0 saturated carbocycles. The Morgan fingerprint density at radius 2 is 1.74 bits per heavy atom. The van der Waals surface area contributed by atoms with Crippen molar-refractivity contribution in [2.24, 2.45) is 11.5 Å². The van der Waals surface area contributed by atoms with Crippen LogP contribution in [0.3, 0.4) is 0 Å². The van der Waals surface area contributed by atoms with Crippen LogP contribution in [0.5, 0.6) is 0 Å². The predicted octanol–water partition coefficient (Wildman–Crippen LogP) is -0.144. The summed E-state index contributed by atoms with van der Waals surface area (Å²) in [6.45, 7) is 2.19. The molecule has 0 radical (unpaired) electrons. The summed E-state index contributed by atoms with van der Waals surface area (Å²) in [7, 11) is 0. The molecule has 0 aliphatic heterocycles. The van der Waals surface area contributed by atoms with Gasteiger partial charge in [0.25, 0.3) is 0 Å². The molecule has 0 amide bonds. The second-order valence-electron chi connectivity index (χ2n) is 4.04. The van der Waals surface area contributed by atoms with Crippen LogP contribution in [0.2, 0.25) is 0 Å². The highest BCUT2D eigenvalue weighted by Crippen LogP contribution is 2.04. The van der Waals surface area contributed by atoms with Gasteiger partial charge in [0, 0.05) is 19.4 Å². The lowest BCUT2D eigenvalue weighted by atomic mass is 10.2. The molecule has 0 saturated heterocycles. The molecule has 19 heavy (non-hydrogen) atoms. The molecule has 4 N–H and O–H groups in total. The normalized spacial score (nSPS) is 11.7. The Hall–Kier alpha value is -1.47. The first-order chi connectivity index (χ1) is 9.03. The minimum Gasteiger partial charge on any atom is -0.460 e. The van der Waals surface area contributed by atoms with Gasteiger partial charge in [-0.05, 0) is 19.4 Å². The van der Waals surface area contributed by atoms with E-state index in [0.29, 0.717) is 19.4 Å². The lowest BCUT2D eigenvalue weighted by Gasteiger charge is -2.14. The van der Waals surface area contributed by atoms with Gasteiger partial charge in [-0.2, -0.15) is 0 Å². The number of nitrogens with two attached hydrogens (primary N) is 2. The van der Waals surface area contributed by atoms with Crippen molar-refractivity contribution in [3.63, 3.8) is 0 Å². The lowest BCUT2D eigenvalue weighted by Crippen LogP contribution is -2.30. The van der Waals surface area contributed by atoms with Crippen LogP contribution in [0.25, 0.3) is 0 Å². The third-order valence-corrected chi connectivity index (χ3v) is 2.22. The molecule has 0 aromatic carbocycles. The second-order valence-corrected chi connectivity index (χ2v) is 4.04. The molecule has 0 rings (SSSR count). The van der Waals surface area contributed by atoms with Gasteiger partial charge in [0.15, 0.2) is 0 Å². The van der Waals surface area contributed by atoms with Gasteiger partial charge in [-0.25, -0.2) is 0 Å². The highest BCUT2D eigenvalue weighted by molar-refractivity contribution is 5.85. The molecule has 7 nitrogen and oxygen atoms in total. The van der Waals surface area contributed by atoms with Gasteiger partial charge in [-0.15, -0.1) is 0 Å². The zero-order chi connectivity index (χ0) is 14.7. The Bertz CT molecular complexity index is 306. The zero-order valence-electron chi connectivity index (χ0n) is 11.2. The van der Waals surface area contributed by atoms with Crippen molar-refractivity contribution in [1.29, 1.82) is 0 Å². The summed E-state index contributed by atoms with van der Waals surface area (Å²) in [5.41, 5.74) is 10.6. The second kappa shape index (κ2) is 10.5. The van der Waals surface area contributed by atoms with Gasteiger partial charge in [0.1, 0.15) is 6.10 Å². The zero-order valence-corrected chi connectivity index (χ0v) is 11.2. The molecule has 0 spiro atoms. The maximum Gasteiger partial charge on any atom is 0.317 e. The number of hydrogen-bond donors (Lipinski definition) is 2. The van der Waals surface area contributed by atoms with Crippen LogP contribution in [0.4, 0.5) is 0 Å². The Balaban J connectivity index is 4.05. The molecule has 0 unspecified atom stereocenters. The van der Waals surface area contributed by atoms with E-state index >= 15 is 0 Å². The van der Waals surface area contributed by atoms with Gasteiger partial charge < -0.3 is 20.9 Å². The van der Waals surface area contributed by atoms with E-state index in [-0.39, 0.29) is 25.8 Å².